The molecule has 1 aromatic heterocycles. The molecular weight excluding hydrogens is 358 g/mol. The number of fused-ring (bicyclic) bond motifs is 3. The lowest BCUT2D eigenvalue weighted by Gasteiger charge is -2.48. The van der Waals surface area contributed by atoms with Crippen LogP contribution in [0.3, 0.4) is 0 Å². The number of nitrogens with one attached hydrogen (secondary N) is 1. The van der Waals surface area contributed by atoms with E-state index in [0.29, 0.717) is 17.9 Å². The van der Waals surface area contributed by atoms with Crippen molar-refractivity contribution in [3.05, 3.63) is 44.6 Å². The zero-order valence-corrected chi connectivity index (χ0v) is 17.5. The van der Waals surface area contributed by atoms with Crippen molar-refractivity contribution in [2.24, 2.45) is 11.3 Å². The molecule has 1 aromatic carbocycles. The summed E-state index contributed by atoms with van der Waals surface area (Å²) in [5, 5.41) is 3.09. The average Bonchev–Trinajstić information content (AvgIpc) is 3.13. The van der Waals surface area contributed by atoms with E-state index in [1.807, 2.05) is 18.2 Å². The molecule has 1 fully saturated rings. The Morgan fingerprint density at radius 1 is 1.30 bits per heavy atom. The molecule has 4 nitrogen and oxygen atoms in total. The van der Waals surface area contributed by atoms with Gasteiger partial charge in [0.15, 0.2) is 0 Å². The first-order chi connectivity index (χ1) is 12.9. The van der Waals surface area contributed by atoms with E-state index in [-0.39, 0.29) is 5.91 Å². The summed E-state index contributed by atoms with van der Waals surface area (Å²) < 4.78 is 10.7. The van der Waals surface area contributed by atoms with Crippen molar-refractivity contribution in [3.8, 4) is 11.5 Å². The summed E-state index contributed by atoms with van der Waals surface area (Å²) in [5.74, 6) is 2.85. The third kappa shape index (κ3) is 2.92. The second kappa shape index (κ2) is 6.55. The molecule has 144 valence electrons. The minimum atomic E-state index is 0.0290. The van der Waals surface area contributed by atoms with Crippen molar-refractivity contribution in [1.29, 1.82) is 0 Å². The van der Waals surface area contributed by atoms with E-state index in [9.17, 15) is 4.79 Å². The van der Waals surface area contributed by atoms with Gasteiger partial charge < -0.3 is 14.8 Å². The first-order valence-corrected chi connectivity index (χ1v) is 10.3. The number of ether oxygens (including phenoxy) is 2. The van der Waals surface area contributed by atoms with E-state index >= 15 is 0 Å². The number of hydrogen-bond donors (Lipinski definition) is 1. The molecule has 1 saturated carbocycles. The highest BCUT2D eigenvalue weighted by Crippen LogP contribution is 2.64. The number of hydrogen-bond acceptors (Lipinski definition) is 4. The van der Waals surface area contributed by atoms with Crippen LogP contribution in [0.2, 0.25) is 0 Å². The predicted octanol–water partition coefficient (Wildman–Crippen LogP) is 4.69. The van der Waals surface area contributed by atoms with Gasteiger partial charge in [-0.05, 0) is 60.3 Å². The molecule has 4 rings (SSSR count). The van der Waals surface area contributed by atoms with Crippen molar-refractivity contribution in [2.75, 3.05) is 14.2 Å². The van der Waals surface area contributed by atoms with Gasteiger partial charge in [0.2, 0.25) is 0 Å². The second-order valence-electron chi connectivity index (χ2n) is 8.37. The number of thiophene rings is 1. The van der Waals surface area contributed by atoms with Gasteiger partial charge in [-0.2, -0.15) is 0 Å². The number of benzene rings is 1. The van der Waals surface area contributed by atoms with Crippen LogP contribution in [0.25, 0.3) is 0 Å². The van der Waals surface area contributed by atoms with Crippen LogP contribution in [0.4, 0.5) is 0 Å². The summed E-state index contributed by atoms with van der Waals surface area (Å²) >= 11 is 1.65. The van der Waals surface area contributed by atoms with Gasteiger partial charge in [0.1, 0.15) is 11.5 Å². The van der Waals surface area contributed by atoms with Gasteiger partial charge in [-0.15, -0.1) is 11.3 Å². The van der Waals surface area contributed by atoms with E-state index in [1.165, 1.54) is 22.4 Å². The quantitative estimate of drug-likeness (QED) is 0.812. The van der Waals surface area contributed by atoms with E-state index < -0.39 is 0 Å². The number of methoxy groups -OCH3 is 2. The number of aryl methyl sites for hydroxylation is 1. The molecule has 5 heteroatoms. The van der Waals surface area contributed by atoms with E-state index in [0.717, 1.165) is 34.3 Å². The maximum Gasteiger partial charge on any atom is 0.261 e. The predicted molar refractivity (Wildman–Crippen MR) is 108 cm³/mol. The molecular formula is C22H27NO3S. The normalized spacial score (nSPS) is 21.8. The van der Waals surface area contributed by atoms with Crippen LogP contribution in [0.15, 0.2) is 18.2 Å². The summed E-state index contributed by atoms with van der Waals surface area (Å²) in [6.45, 7) is 7.33. The molecule has 27 heavy (non-hydrogen) atoms. The zero-order valence-electron chi connectivity index (χ0n) is 16.6. The average molecular weight is 386 g/mol. The molecule has 0 spiro atoms. The van der Waals surface area contributed by atoms with Gasteiger partial charge in [0, 0.05) is 23.1 Å². The largest absolute Gasteiger partial charge is 0.497 e. The van der Waals surface area contributed by atoms with Crippen molar-refractivity contribution < 1.29 is 14.3 Å². The highest BCUT2D eigenvalue weighted by atomic mass is 32.1. The second-order valence-corrected chi connectivity index (χ2v) is 9.60. The van der Waals surface area contributed by atoms with E-state index in [4.69, 9.17) is 9.47 Å². The summed E-state index contributed by atoms with van der Waals surface area (Å²) in [6, 6.07) is 5.66. The Morgan fingerprint density at radius 3 is 2.74 bits per heavy atom. The van der Waals surface area contributed by atoms with Gasteiger partial charge >= 0.3 is 0 Å². The summed E-state index contributed by atoms with van der Waals surface area (Å²) in [7, 11) is 3.26. The summed E-state index contributed by atoms with van der Waals surface area (Å²) in [6.07, 6.45) is 2.32. The minimum absolute atomic E-state index is 0.0290. The number of carbonyl (C=O) groups excluding carboxylic acids is 1. The summed E-state index contributed by atoms with van der Waals surface area (Å²) in [4.78, 5) is 15.2. The molecule has 1 amide bonds. The molecule has 2 atom stereocenters. The first kappa shape index (κ1) is 18.4. The van der Waals surface area contributed by atoms with Crippen LogP contribution in [-0.4, -0.2) is 20.1 Å². The van der Waals surface area contributed by atoms with Gasteiger partial charge in [-0.25, -0.2) is 0 Å². The highest BCUT2D eigenvalue weighted by Gasteiger charge is 2.54. The Bertz CT molecular complexity index is 899. The van der Waals surface area contributed by atoms with Gasteiger partial charge in [-0.3, -0.25) is 4.79 Å². The Labute approximate surface area is 164 Å². The van der Waals surface area contributed by atoms with Crippen molar-refractivity contribution in [2.45, 2.75) is 46.1 Å². The van der Waals surface area contributed by atoms with E-state index in [2.05, 4.69) is 26.1 Å². The topological polar surface area (TPSA) is 47.6 Å². The van der Waals surface area contributed by atoms with Crippen molar-refractivity contribution in [3.63, 3.8) is 0 Å². The lowest BCUT2D eigenvalue weighted by Crippen LogP contribution is -2.39. The first-order valence-electron chi connectivity index (χ1n) is 9.47. The highest BCUT2D eigenvalue weighted by molar-refractivity contribution is 7.14. The van der Waals surface area contributed by atoms with Crippen LogP contribution >= 0.6 is 11.3 Å². The molecule has 0 bridgehead atoms. The molecule has 2 aliphatic carbocycles. The Morgan fingerprint density at radius 2 is 2.07 bits per heavy atom. The molecule has 0 saturated heterocycles. The minimum Gasteiger partial charge on any atom is -0.497 e. The van der Waals surface area contributed by atoms with Crippen molar-refractivity contribution in [1.82, 2.24) is 5.32 Å². The molecule has 0 aliphatic heterocycles. The Kier molecular flexibility index (Phi) is 4.46. The lowest BCUT2D eigenvalue weighted by atomic mass is 9.56. The third-order valence-electron chi connectivity index (χ3n) is 6.25. The van der Waals surface area contributed by atoms with Gasteiger partial charge in [0.05, 0.1) is 19.1 Å². The van der Waals surface area contributed by atoms with Crippen LogP contribution in [0.1, 0.15) is 57.4 Å². The fourth-order valence-electron chi connectivity index (χ4n) is 5.13. The maximum atomic E-state index is 12.9. The van der Waals surface area contributed by atoms with Crippen LogP contribution in [-0.2, 0) is 13.0 Å². The van der Waals surface area contributed by atoms with Crippen molar-refractivity contribution >= 4 is 17.2 Å². The number of rotatable bonds is 5. The zero-order chi connectivity index (χ0) is 19.3. The monoisotopic (exact) mass is 385 g/mol. The molecule has 0 unspecified atom stereocenters. The fourth-order valence-corrected chi connectivity index (χ4v) is 6.28. The number of carbonyl (C=O) groups is 1. The summed E-state index contributed by atoms with van der Waals surface area (Å²) in [5.41, 5.74) is 4.08. The van der Waals surface area contributed by atoms with Crippen LogP contribution in [0.5, 0.6) is 11.5 Å². The van der Waals surface area contributed by atoms with E-state index in [1.54, 1.807) is 25.6 Å². The number of amides is 1. The molecule has 0 radical (unpaired) electrons. The van der Waals surface area contributed by atoms with Gasteiger partial charge in [0.25, 0.3) is 5.91 Å². The third-order valence-corrected chi connectivity index (χ3v) is 7.41. The molecule has 2 aromatic rings. The Balaban J connectivity index is 1.53. The lowest BCUT2D eigenvalue weighted by molar-refractivity contribution is 0.0652. The standard InChI is InChI=1S/C22H27NO3S/c1-12-18-16(8-14-10-22(2,3)19(14)18)20(27-12)21(24)23-11-13-6-7-15(25-4)9-17(13)26-5/h6-7,9,14,19H,8,10-11H2,1-5H3,(H,23,24)/t14-,19+/m0/s1. The SMILES string of the molecule is COc1ccc(CNC(=O)c2sc(C)c3c2C[C@H]2CC(C)(C)[C@@H]32)c(OC)c1. The molecule has 1 N–H and O–H groups in total. The Hall–Kier alpha value is -2.01. The molecule has 2 aliphatic rings. The smallest absolute Gasteiger partial charge is 0.261 e. The van der Waals surface area contributed by atoms with Crippen LogP contribution < -0.4 is 14.8 Å². The maximum absolute atomic E-state index is 12.9. The van der Waals surface area contributed by atoms with Gasteiger partial charge in [-0.1, -0.05) is 13.8 Å². The fraction of sp³-hybridized carbons (Fsp3) is 0.500. The molecule has 1 heterocycles. The van der Waals surface area contributed by atoms with Crippen LogP contribution in [0, 0.1) is 18.3 Å².